The summed E-state index contributed by atoms with van der Waals surface area (Å²) in [5, 5.41) is 11.0. The summed E-state index contributed by atoms with van der Waals surface area (Å²) in [7, 11) is 0. The normalized spacial score (nSPS) is 14.8. The monoisotopic (exact) mass is 300 g/mol. The number of nitrogens with one attached hydrogen (secondary N) is 1. The molecule has 2 heterocycles. The minimum Gasteiger partial charge on any atom is -0.353 e. The summed E-state index contributed by atoms with van der Waals surface area (Å²) in [6.07, 6.45) is 0. The Balaban J connectivity index is 1.67. The number of hydrogen-bond acceptors (Lipinski definition) is 5. The van der Waals surface area contributed by atoms with E-state index in [1.54, 1.807) is 6.07 Å². The van der Waals surface area contributed by atoms with Gasteiger partial charge in [-0.25, -0.2) is 0 Å². The molecule has 6 heteroatoms. The minimum atomic E-state index is -0.241. The fraction of sp³-hybridized carbons (Fsp3) is 0.267. The highest BCUT2D eigenvalue weighted by Crippen LogP contribution is 2.16. The van der Waals surface area contributed by atoms with E-state index in [4.69, 9.17) is 0 Å². The molecule has 3 rings (SSSR count). The Labute approximate surface area is 127 Å². The Morgan fingerprint density at radius 3 is 2.48 bits per heavy atom. The second-order valence-corrected chi connectivity index (χ2v) is 5.92. The molecule has 1 aromatic carbocycles. The lowest BCUT2D eigenvalue weighted by Gasteiger charge is -2.26. The predicted molar refractivity (Wildman–Crippen MR) is 86.0 cm³/mol. The van der Waals surface area contributed by atoms with Gasteiger partial charge in [0.25, 0.3) is 5.91 Å². The van der Waals surface area contributed by atoms with Gasteiger partial charge in [-0.15, -0.1) is 10.2 Å². The van der Waals surface area contributed by atoms with Gasteiger partial charge in [0, 0.05) is 30.3 Å². The van der Waals surface area contributed by atoms with E-state index in [2.05, 4.69) is 20.4 Å². The van der Waals surface area contributed by atoms with E-state index in [0.29, 0.717) is 5.69 Å². The molecule has 1 saturated heterocycles. The highest BCUT2D eigenvalue weighted by Gasteiger charge is 2.14. The molecule has 0 saturated carbocycles. The first kappa shape index (κ1) is 13.9. The molecule has 1 aliphatic heterocycles. The topological polar surface area (TPSA) is 58.1 Å². The van der Waals surface area contributed by atoms with Crippen LogP contribution < -0.4 is 10.2 Å². The molecule has 0 radical (unpaired) electrons. The molecular formula is C15H16N4OS. The number of nitrogens with zero attached hydrogens (tertiary/aromatic N) is 3. The van der Waals surface area contributed by atoms with Gasteiger partial charge in [0.1, 0.15) is 0 Å². The highest BCUT2D eigenvalue weighted by atomic mass is 32.2. The second kappa shape index (κ2) is 6.58. The maximum absolute atomic E-state index is 12.1. The maximum atomic E-state index is 12.1. The summed E-state index contributed by atoms with van der Waals surface area (Å²) in [6.45, 7) is 1.96. The first-order valence-electron chi connectivity index (χ1n) is 6.86. The molecule has 1 amide bonds. The third-order valence-electron chi connectivity index (χ3n) is 3.25. The first-order chi connectivity index (χ1) is 10.3. The number of rotatable bonds is 3. The molecule has 108 valence electrons. The van der Waals surface area contributed by atoms with Crippen LogP contribution in [0.15, 0.2) is 42.5 Å². The van der Waals surface area contributed by atoms with Gasteiger partial charge in [-0.2, -0.15) is 11.8 Å². The molecule has 1 aliphatic rings. The van der Waals surface area contributed by atoms with Gasteiger partial charge in [0.05, 0.1) is 0 Å². The van der Waals surface area contributed by atoms with Crippen LogP contribution in [0.4, 0.5) is 11.5 Å². The van der Waals surface area contributed by atoms with Gasteiger partial charge in [-0.05, 0) is 24.3 Å². The summed E-state index contributed by atoms with van der Waals surface area (Å²) in [6, 6.07) is 12.9. The molecular weight excluding hydrogens is 284 g/mol. The first-order valence-corrected chi connectivity index (χ1v) is 8.01. The summed E-state index contributed by atoms with van der Waals surface area (Å²) >= 11 is 1.95. The number of amides is 1. The summed E-state index contributed by atoms with van der Waals surface area (Å²) < 4.78 is 0. The Hall–Kier alpha value is -2.08. The van der Waals surface area contributed by atoms with E-state index in [1.165, 1.54) is 0 Å². The van der Waals surface area contributed by atoms with Crippen molar-refractivity contribution in [1.82, 2.24) is 10.2 Å². The number of anilines is 2. The summed E-state index contributed by atoms with van der Waals surface area (Å²) in [5.74, 6) is 2.82. The standard InChI is InChI=1S/C15H16N4OS/c20-15(16-12-4-2-1-3-5-12)13-6-7-14(18-17-13)19-8-10-21-11-9-19/h1-7H,8-11H2,(H,16,20). The highest BCUT2D eigenvalue weighted by molar-refractivity contribution is 7.99. The molecule has 1 fully saturated rings. The third kappa shape index (κ3) is 3.52. The maximum Gasteiger partial charge on any atom is 0.276 e. The van der Waals surface area contributed by atoms with Crippen molar-refractivity contribution in [1.29, 1.82) is 0 Å². The van der Waals surface area contributed by atoms with Gasteiger partial charge in [0.2, 0.25) is 0 Å². The lowest BCUT2D eigenvalue weighted by Crippen LogP contribution is -2.33. The SMILES string of the molecule is O=C(Nc1ccccc1)c1ccc(N2CCSCC2)nn1. The molecule has 1 N–H and O–H groups in total. The van der Waals surface area contributed by atoms with E-state index in [1.807, 2.05) is 48.2 Å². The Morgan fingerprint density at radius 1 is 1.05 bits per heavy atom. The van der Waals surface area contributed by atoms with Crippen LogP contribution in [0.25, 0.3) is 0 Å². The van der Waals surface area contributed by atoms with E-state index in [9.17, 15) is 4.79 Å². The average Bonchev–Trinajstić information content (AvgIpc) is 2.57. The lowest BCUT2D eigenvalue weighted by molar-refractivity contribution is 0.102. The van der Waals surface area contributed by atoms with Crippen LogP contribution in [0.1, 0.15) is 10.5 Å². The smallest absolute Gasteiger partial charge is 0.276 e. The van der Waals surface area contributed by atoms with Crippen molar-refractivity contribution in [2.45, 2.75) is 0 Å². The minimum absolute atomic E-state index is 0.241. The van der Waals surface area contributed by atoms with Gasteiger partial charge < -0.3 is 10.2 Å². The van der Waals surface area contributed by atoms with Gasteiger partial charge in [-0.1, -0.05) is 18.2 Å². The van der Waals surface area contributed by atoms with Crippen molar-refractivity contribution < 1.29 is 4.79 Å². The number of carbonyl (C=O) groups is 1. The van der Waals surface area contributed by atoms with Crippen LogP contribution in [0.2, 0.25) is 0 Å². The summed E-state index contributed by atoms with van der Waals surface area (Å²) in [4.78, 5) is 14.3. The number of para-hydroxylation sites is 1. The molecule has 0 aliphatic carbocycles. The summed E-state index contributed by atoms with van der Waals surface area (Å²) in [5.41, 5.74) is 1.08. The number of hydrogen-bond donors (Lipinski definition) is 1. The fourth-order valence-electron chi connectivity index (χ4n) is 2.12. The van der Waals surface area contributed by atoms with Crippen molar-refractivity contribution in [2.75, 3.05) is 34.8 Å². The van der Waals surface area contributed by atoms with Crippen molar-refractivity contribution in [2.24, 2.45) is 0 Å². The van der Waals surface area contributed by atoms with Gasteiger partial charge in [0.15, 0.2) is 11.5 Å². The lowest BCUT2D eigenvalue weighted by atomic mass is 10.3. The van der Waals surface area contributed by atoms with Crippen LogP contribution in [0.5, 0.6) is 0 Å². The molecule has 5 nitrogen and oxygen atoms in total. The zero-order valence-corrected chi connectivity index (χ0v) is 12.3. The van der Waals surface area contributed by atoms with Crippen LogP contribution in [-0.4, -0.2) is 40.7 Å². The molecule has 0 unspecified atom stereocenters. The van der Waals surface area contributed by atoms with E-state index < -0.39 is 0 Å². The Bertz CT molecular complexity index is 597. The van der Waals surface area contributed by atoms with Crippen LogP contribution in [0, 0.1) is 0 Å². The third-order valence-corrected chi connectivity index (χ3v) is 4.19. The predicted octanol–water partition coefficient (Wildman–Crippen LogP) is 2.28. The van der Waals surface area contributed by atoms with Gasteiger partial charge in [-0.3, -0.25) is 4.79 Å². The van der Waals surface area contributed by atoms with Crippen LogP contribution in [0.3, 0.4) is 0 Å². The Kier molecular flexibility index (Phi) is 4.35. The molecule has 21 heavy (non-hydrogen) atoms. The van der Waals surface area contributed by atoms with Gasteiger partial charge >= 0.3 is 0 Å². The zero-order chi connectivity index (χ0) is 14.5. The second-order valence-electron chi connectivity index (χ2n) is 4.70. The quantitative estimate of drug-likeness (QED) is 0.942. The average molecular weight is 300 g/mol. The number of thioether (sulfide) groups is 1. The van der Waals surface area contributed by atoms with Crippen molar-refractivity contribution >= 4 is 29.2 Å². The molecule has 2 aromatic rings. The molecule has 1 aromatic heterocycles. The fourth-order valence-corrected chi connectivity index (χ4v) is 3.03. The van der Waals surface area contributed by atoms with E-state index in [-0.39, 0.29) is 5.91 Å². The van der Waals surface area contributed by atoms with Crippen LogP contribution in [-0.2, 0) is 0 Å². The van der Waals surface area contributed by atoms with Crippen molar-refractivity contribution in [3.63, 3.8) is 0 Å². The van der Waals surface area contributed by atoms with Crippen LogP contribution >= 0.6 is 11.8 Å². The number of carbonyl (C=O) groups excluding carboxylic acids is 1. The largest absolute Gasteiger partial charge is 0.353 e. The number of benzene rings is 1. The molecule has 0 spiro atoms. The Morgan fingerprint density at radius 2 is 1.81 bits per heavy atom. The molecule has 0 bridgehead atoms. The number of aromatic nitrogens is 2. The van der Waals surface area contributed by atoms with Crippen molar-refractivity contribution in [3.8, 4) is 0 Å². The van der Waals surface area contributed by atoms with E-state index >= 15 is 0 Å². The molecule has 0 atom stereocenters. The zero-order valence-electron chi connectivity index (χ0n) is 11.5. The van der Waals surface area contributed by atoms with E-state index in [0.717, 1.165) is 36.1 Å². The van der Waals surface area contributed by atoms with Crippen molar-refractivity contribution in [3.05, 3.63) is 48.2 Å².